The van der Waals surface area contributed by atoms with Gasteiger partial charge in [0.15, 0.2) is 0 Å². The second-order valence-electron chi connectivity index (χ2n) is 3.73. The molecule has 15 heavy (non-hydrogen) atoms. The van der Waals surface area contributed by atoms with Gasteiger partial charge >= 0.3 is 0 Å². The summed E-state index contributed by atoms with van der Waals surface area (Å²) in [5, 5.41) is 11.9. The van der Waals surface area contributed by atoms with Crippen molar-refractivity contribution in [2.24, 2.45) is 5.73 Å². The zero-order chi connectivity index (χ0) is 11.3. The molecule has 1 unspecified atom stereocenters. The quantitative estimate of drug-likeness (QED) is 0.452. The summed E-state index contributed by atoms with van der Waals surface area (Å²) in [6.07, 6.45) is 2.51. The third-order valence-electron chi connectivity index (χ3n) is 2.59. The topological polar surface area (TPSA) is 78.6 Å². The fraction of sp³-hybridized carbons (Fsp3) is 0.700. The van der Waals surface area contributed by atoms with E-state index in [2.05, 4.69) is 5.32 Å². The number of carbonyl (C=O) groups excluding carboxylic acids is 1. The van der Waals surface area contributed by atoms with Crippen molar-refractivity contribution in [3.63, 3.8) is 0 Å². The van der Waals surface area contributed by atoms with Gasteiger partial charge < -0.3 is 21.1 Å². The third kappa shape index (κ3) is 2.86. The summed E-state index contributed by atoms with van der Waals surface area (Å²) in [7, 11) is 0. The highest BCUT2D eigenvalue weighted by Gasteiger charge is 2.26. The van der Waals surface area contributed by atoms with Crippen molar-refractivity contribution >= 4 is 5.91 Å². The molecule has 86 valence electrons. The fourth-order valence-electron chi connectivity index (χ4n) is 1.82. The minimum absolute atomic E-state index is 0.0876. The molecule has 4 N–H and O–H groups in total. The molecule has 1 amide bonds. The zero-order valence-electron chi connectivity index (χ0n) is 9.07. The molecule has 0 bridgehead atoms. The Morgan fingerprint density at radius 2 is 2.47 bits per heavy atom. The van der Waals surface area contributed by atoms with Gasteiger partial charge in [-0.05, 0) is 19.4 Å². The lowest BCUT2D eigenvalue weighted by Gasteiger charge is -2.28. The summed E-state index contributed by atoms with van der Waals surface area (Å²) >= 11 is 0. The first-order chi connectivity index (χ1) is 7.20. The van der Waals surface area contributed by atoms with Gasteiger partial charge in [0, 0.05) is 19.1 Å². The Labute approximate surface area is 89.9 Å². The van der Waals surface area contributed by atoms with Crippen molar-refractivity contribution in [3.8, 4) is 0 Å². The summed E-state index contributed by atoms with van der Waals surface area (Å²) in [6.45, 7) is 4.44. The van der Waals surface area contributed by atoms with E-state index in [0.29, 0.717) is 12.8 Å². The first-order valence-corrected chi connectivity index (χ1v) is 5.32. The molecular formula is C10H19N3O2. The highest BCUT2D eigenvalue weighted by Crippen LogP contribution is 2.11. The summed E-state index contributed by atoms with van der Waals surface area (Å²) < 4.78 is 0. The number of hydrogen-bond donors (Lipinski definition) is 3. The van der Waals surface area contributed by atoms with Crippen LogP contribution in [0.25, 0.3) is 0 Å². The summed E-state index contributed by atoms with van der Waals surface area (Å²) in [4.78, 5) is 13.5. The average Bonchev–Trinajstić information content (AvgIpc) is 2.77. The molecule has 1 fully saturated rings. The first-order valence-electron chi connectivity index (χ1n) is 5.32. The van der Waals surface area contributed by atoms with Gasteiger partial charge in [-0.25, -0.2) is 0 Å². The number of hydrogen-bond acceptors (Lipinski definition) is 4. The SMILES string of the molecule is CCCN(C(=O)/C(N)=C/O)C1CCNC1. The van der Waals surface area contributed by atoms with Crippen molar-refractivity contribution in [2.45, 2.75) is 25.8 Å². The van der Waals surface area contributed by atoms with Gasteiger partial charge in [-0.2, -0.15) is 0 Å². The maximum absolute atomic E-state index is 11.8. The number of aliphatic hydroxyl groups is 1. The molecule has 1 rings (SSSR count). The van der Waals surface area contributed by atoms with E-state index in [0.717, 1.165) is 25.9 Å². The van der Waals surface area contributed by atoms with Crippen molar-refractivity contribution in [1.29, 1.82) is 0 Å². The molecule has 1 atom stereocenters. The lowest BCUT2D eigenvalue weighted by molar-refractivity contribution is -0.129. The lowest BCUT2D eigenvalue weighted by Crippen LogP contribution is -2.44. The molecule has 0 saturated carbocycles. The Bertz CT molecular complexity index is 247. The van der Waals surface area contributed by atoms with Crippen LogP contribution in [-0.4, -0.2) is 41.6 Å². The van der Waals surface area contributed by atoms with E-state index in [-0.39, 0.29) is 17.6 Å². The maximum Gasteiger partial charge on any atom is 0.273 e. The van der Waals surface area contributed by atoms with Gasteiger partial charge in [0.1, 0.15) is 12.0 Å². The van der Waals surface area contributed by atoms with Gasteiger partial charge in [-0.3, -0.25) is 4.79 Å². The van der Waals surface area contributed by atoms with Crippen LogP contribution >= 0.6 is 0 Å². The van der Waals surface area contributed by atoms with Crippen LogP contribution in [-0.2, 0) is 4.79 Å². The highest BCUT2D eigenvalue weighted by atomic mass is 16.2. The Hall–Kier alpha value is -1.23. The molecule has 0 aromatic heterocycles. The number of nitrogens with zero attached hydrogens (tertiary/aromatic N) is 1. The predicted molar refractivity (Wildman–Crippen MR) is 58.2 cm³/mol. The van der Waals surface area contributed by atoms with E-state index in [1.54, 1.807) is 4.90 Å². The van der Waals surface area contributed by atoms with Gasteiger partial charge in [-0.1, -0.05) is 6.92 Å². The van der Waals surface area contributed by atoms with Gasteiger partial charge in [0.25, 0.3) is 5.91 Å². The minimum Gasteiger partial charge on any atom is -0.513 e. The van der Waals surface area contributed by atoms with Crippen LogP contribution in [0.15, 0.2) is 12.0 Å². The van der Waals surface area contributed by atoms with Crippen LogP contribution in [0.1, 0.15) is 19.8 Å². The standard InChI is InChI=1S/C10H19N3O2/c1-2-5-13(8-3-4-12-6-8)10(15)9(11)7-14/h7-8,12,14H,2-6,11H2,1H3/b9-7-. The van der Waals surface area contributed by atoms with Crippen molar-refractivity contribution in [2.75, 3.05) is 19.6 Å². The van der Waals surface area contributed by atoms with Crippen LogP contribution < -0.4 is 11.1 Å². The van der Waals surface area contributed by atoms with Crippen molar-refractivity contribution in [1.82, 2.24) is 10.2 Å². The number of nitrogens with two attached hydrogens (primary N) is 1. The van der Waals surface area contributed by atoms with E-state index in [1.165, 1.54) is 0 Å². The van der Waals surface area contributed by atoms with Crippen LogP contribution in [0, 0.1) is 0 Å². The lowest BCUT2D eigenvalue weighted by atomic mass is 10.2. The molecule has 5 nitrogen and oxygen atoms in total. The number of nitrogens with one attached hydrogen (secondary N) is 1. The molecule has 1 aliphatic rings. The molecule has 0 aromatic rings. The smallest absolute Gasteiger partial charge is 0.273 e. The number of aliphatic hydroxyl groups excluding tert-OH is 1. The van der Waals surface area contributed by atoms with Crippen LogP contribution in [0.5, 0.6) is 0 Å². The highest BCUT2D eigenvalue weighted by molar-refractivity contribution is 5.92. The van der Waals surface area contributed by atoms with E-state index in [9.17, 15) is 4.79 Å². The van der Waals surface area contributed by atoms with Crippen molar-refractivity contribution < 1.29 is 9.90 Å². The van der Waals surface area contributed by atoms with Gasteiger partial charge in [0.2, 0.25) is 0 Å². The van der Waals surface area contributed by atoms with E-state index < -0.39 is 0 Å². The summed E-state index contributed by atoms with van der Waals surface area (Å²) in [5.74, 6) is -0.270. The molecule has 1 heterocycles. The monoisotopic (exact) mass is 213 g/mol. The molecule has 1 saturated heterocycles. The van der Waals surface area contributed by atoms with Gasteiger partial charge in [0.05, 0.1) is 0 Å². The molecule has 0 aromatic carbocycles. The molecule has 0 aliphatic carbocycles. The Morgan fingerprint density at radius 3 is 2.93 bits per heavy atom. The van der Waals surface area contributed by atoms with E-state index in [1.807, 2.05) is 6.92 Å². The van der Waals surface area contributed by atoms with E-state index in [4.69, 9.17) is 10.8 Å². The van der Waals surface area contributed by atoms with E-state index >= 15 is 0 Å². The summed E-state index contributed by atoms with van der Waals surface area (Å²) in [6, 6.07) is 0.205. The second kappa shape index (κ2) is 5.60. The van der Waals surface area contributed by atoms with Crippen LogP contribution in [0.3, 0.4) is 0 Å². The Balaban J connectivity index is 2.67. The normalized spacial score (nSPS) is 21.7. The number of rotatable bonds is 4. The average molecular weight is 213 g/mol. The molecular weight excluding hydrogens is 194 g/mol. The Kier molecular flexibility index (Phi) is 4.42. The maximum atomic E-state index is 11.8. The first kappa shape index (κ1) is 11.8. The van der Waals surface area contributed by atoms with Crippen LogP contribution in [0.2, 0.25) is 0 Å². The third-order valence-corrected chi connectivity index (χ3v) is 2.59. The molecule has 5 heteroatoms. The molecule has 1 aliphatic heterocycles. The summed E-state index contributed by atoms with van der Waals surface area (Å²) in [5.41, 5.74) is 5.33. The minimum atomic E-state index is -0.270. The van der Waals surface area contributed by atoms with Crippen molar-refractivity contribution in [3.05, 3.63) is 12.0 Å². The zero-order valence-corrected chi connectivity index (χ0v) is 9.07. The second-order valence-corrected chi connectivity index (χ2v) is 3.73. The largest absolute Gasteiger partial charge is 0.513 e. The number of carbonyl (C=O) groups is 1. The Morgan fingerprint density at radius 1 is 1.73 bits per heavy atom. The fourth-order valence-corrected chi connectivity index (χ4v) is 1.82. The predicted octanol–water partition coefficient (Wildman–Crippen LogP) is -0.0550. The molecule has 0 spiro atoms. The molecule has 0 radical (unpaired) electrons. The number of amides is 1. The van der Waals surface area contributed by atoms with Gasteiger partial charge in [-0.15, -0.1) is 0 Å². The van der Waals surface area contributed by atoms with Crippen LogP contribution in [0.4, 0.5) is 0 Å².